The van der Waals surface area contributed by atoms with Gasteiger partial charge in [-0.1, -0.05) is 36.9 Å². The Morgan fingerprint density at radius 1 is 1.50 bits per heavy atom. The summed E-state index contributed by atoms with van der Waals surface area (Å²) in [5, 5.41) is 12.0. The minimum Gasteiger partial charge on any atom is -0.360 e. The molecule has 1 aliphatic heterocycles. The molecule has 1 aliphatic rings. The van der Waals surface area contributed by atoms with Crippen molar-refractivity contribution >= 4 is 40.0 Å². The molecule has 0 unspecified atom stereocenters. The average Bonchev–Trinajstić information content (AvgIpc) is 3.02. The van der Waals surface area contributed by atoms with Crippen molar-refractivity contribution in [1.82, 2.24) is 15.1 Å². The lowest BCUT2D eigenvalue weighted by molar-refractivity contribution is -0.140. The maximum Gasteiger partial charge on any atom is 0.239 e. The monoisotopic (exact) mass is 314 g/mol. The van der Waals surface area contributed by atoms with Gasteiger partial charge in [0, 0.05) is 19.5 Å². The second kappa shape index (κ2) is 7.03. The van der Waals surface area contributed by atoms with Gasteiger partial charge in [0.05, 0.1) is 5.75 Å². The van der Waals surface area contributed by atoms with E-state index in [0.717, 1.165) is 22.4 Å². The minimum atomic E-state index is -0.135. The molecule has 0 aliphatic carbocycles. The highest BCUT2D eigenvalue weighted by Crippen LogP contribution is 2.26. The van der Waals surface area contributed by atoms with Crippen molar-refractivity contribution in [2.45, 2.75) is 31.0 Å². The number of carbonyl (C=O) groups is 2. The maximum atomic E-state index is 11.9. The maximum absolute atomic E-state index is 11.9. The number of carbonyl (C=O) groups excluding carboxylic acids is 2. The Bertz CT molecular complexity index is 490. The van der Waals surface area contributed by atoms with Gasteiger partial charge >= 0.3 is 0 Å². The Morgan fingerprint density at radius 3 is 2.95 bits per heavy atom. The van der Waals surface area contributed by atoms with Gasteiger partial charge in [0.25, 0.3) is 0 Å². The summed E-state index contributed by atoms with van der Waals surface area (Å²) in [5.41, 5.74) is 0. The number of thioether (sulfide) groups is 1. The molecular formula is C12H18N4O2S2. The van der Waals surface area contributed by atoms with Crippen molar-refractivity contribution in [3.63, 3.8) is 0 Å². The zero-order chi connectivity index (χ0) is 14.5. The number of aromatic nitrogens is 2. The fourth-order valence-electron chi connectivity index (χ4n) is 1.74. The van der Waals surface area contributed by atoms with Crippen molar-refractivity contribution < 1.29 is 9.59 Å². The van der Waals surface area contributed by atoms with Gasteiger partial charge in [0.2, 0.25) is 16.9 Å². The molecule has 1 fully saturated rings. The van der Waals surface area contributed by atoms with Crippen LogP contribution in [0.4, 0.5) is 5.13 Å². The molecule has 8 heteroatoms. The third-order valence-electron chi connectivity index (χ3n) is 2.76. The van der Waals surface area contributed by atoms with E-state index in [1.54, 1.807) is 0 Å². The van der Waals surface area contributed by atoms with Gasteiger partial charge in [0.1, 0.15) is 0 Å². The molecule has 0 bridgehead atoms. The highest BCUT2D eigenvalue weighted by atomic mass is 32.2. The molecule has 6 nitrogen and oxygen atoms in total. The lowest BCUT2D eigenvalue weighted by Crippen LogP contribution is -2.33. The number of imide groups is 1. The van der Waals surface area contributed by atoms with Crippen LogP contribution < -0.4 is 5.32 Å². The first-order chi connectivity index (χ1) is 9.56. The molecule has 0 saturated carbocycles. The third kappa shape index (κ3) is 4.17. The summed E-state index contributed by atoms with van der Waals surface area (Å²) in [6, 6.07) is 0. The first-order valence-corrected chi connectivity index (χ1v) is 8.40. The lowest BCUT2D eigenvalue weighted by atomic mass is 10.2. The van der Waals surface area contributed by atoms with Crippen LogP contribution in [0.15, 0.2) is 4.34 Å². The van der Waals surface area contributed by atoms with Gasteiger partial charge in [-0.05, 0) is 12.3 Å². The zero-order valence-electron chi connectivity index (χ0n) is 11.6. The molecule has 0 atom stereocenters. The molecule has 0 spiro atoms. The van der Waals surface area contributed by atoms with E-state index < -0.39 is 0 Å². The number of hydrogen-bond acceptors (Lipinski definition) is 7. The summed E-state index contributed by atoms with van der Waals surface area (Å²) in [6.45, 7) is 5.64. The summed E-state index contributed by atoms with van der Waals surface area (Å²) in [7, 11) is 0. The predicted molar refractivity (Wildman–Crippen MR) is 79.9 cm³/mol. The largest absolute Gasteiger partial charge is 0.360 e. The van der Waals surface area contributed by atoms with E-state index in [4.69, 9.17) is 0 Å². The Hall–Kier alpha value is -1.15. The van der Waals surface area contributed by atoms with Crippen LogP contribution in [0.2, 0.25) is 0 Å². The number of nitrogens with zero attached hydrogens (tertiary/aromatic N) is 3. The first kappa shape index (κ1) is 15.2. The van der Waals surface area contributed by atoms with Crippen LogP contribution in [0.1, 0.15) is 26.7 Å². The Labute approximate surface area is 126 Å². The van der Waals surface area contributed by atoms with E-state index in [2.05, 4.69) is 29.4 Å². The molecule has 0 radical (unpaired) electrons. The zero-order valence-corrected chi connectivity index (χ0v) is 13.2. The van der Waals surface area contributed by atoms with Crippen molar-refractivity contribution in [1.29, 1.82) is 0 Å². The summed E-state index contributed by atoms with van der Waals surface area (Å²) >= 11 is 2.77. The highest BCUT2D eigenvalue weighted by Gasteiger charge is 2.26. The Morgan fingerprint density at radius 2 is 2.30 bits per heavy atom. The van der Waals surface area contributed by atoms with Crippen LogP contribution in [-0.4, -0.2) is 45.8 Å². The molecule has 1 aromatic rings. The van der Waals surface area contributed by atoms with Gasteiger partial charge in [-0.15, -0.1) is 10.2 Å². The molecule has 20 heavy (non-hydrogen) atoms. The van der Waals surface area contributed by atoms with Gasteiger partial charge in [0.15, 0.2) is 4.34 Å². The molecule has 2 heterocycles. The number of rotatable bonds is 6. The van der Waals surface area contributed by atoms with E-state index in [1.807, 2.05) is 0 Å². The van der Waals surface area contributed by atoms with Crippen molar-refractivity contribution in [3.8, 4) is 0 Å². The van der Waals surface area contributed by atoms with Crippen molar-refractivity contribution in [2.75, 3.05) is 24.2 Å². The second-order valence-electron chi connectivity index (χ2n) is 4.98. The summed E-state index contributed by atoms with van der Waals surface area (Å²) in [4.78, 5) is 24.7. The minimum absolute atomic E-state index is 0.0628. The second-order valence-corrected chi connectivity index (χ2v) is 7.18. The van der Waals surface area contributed by atoms with Crippen LogP contribution in [-0.2, 0) is 9.59 Å². The number of anilines is 1. The SMILES string of the molecule is CC(C)CNc1nnc(SCC(=O)N2CCCC2=O)s1. The molecule has 2 rings (SSSR count). The molecule has 110 valence electrons. The third-order valence-corrected chi connectivity index (χ3v) is 4.76. The molecule has 0 aromatic carbocycles. The fraction of sp³-hybridized carbons (Fsp3) is 0.667. The summed E-state index contributed by atoms with van der Waals surface area (Å²) in [5.74, 6) is 0.583. The van der Waals surface area contributed by atoms with E-state index in [0.29, 0.717) is 18.9 Å². The fourth-order valence-corrected chi connectivity index (χ4v) is 3.38. The van der Waals surface area contributed by atoms with Crippen LogP contribution in [0, 0.1) is 5.92 Å². The standard InChI is InChI=1S/C12H18N4O2S2/c1-8(2)6-13-11-14-15-12(20-11)19-7-10(18)16-5-3-4-9(16)17/h8H,3-7H2,1-2H3,(H,13,14). The quantitative estimate of drug-likeness (QED) is 0.808. The van der Waals surface area contributed by atoms with Crippen molar-refractivity contribution in [2.24, 2.45) is 5.92 Å². The van der Waals surface area contributed by atoms with Crippen molar-refractivity contribution in [3.05, 3.63) is 0 Å². The Kier molecular flexibility index (Phi) is 5.36. The van der Waals surface area contributed by atoms with Gasteiger partial charge in [-0.3, -0.25) is 14.5 Å². The first-order valence-electron chi connectivity index (χ1n) is 6.59. The van der Waals surface area contributed by atoms with Gasteiger partial charge in [-0.2, -0.15) is 0 Å². The van der Waals surface area contributed by atoms with Crippen LogP contribution in [0.3, 0.4) is 0 Å². The van der Waals surface area contributed by atoms with Crippen LogP contribution >= 0.6 is 23.1 Å². The summed E-state index contributed by atoms with van der Waals surface area (Å²) in [6.07, 6.45) is 1.26. The number of hydrogen-bond donors (Lipinski definition) is 1. The smallest absolute Gasteiger partial charge is 0.239 e. The number of likely N-dealkylation sites (tertiary alicyclic amines) is 1. The number of nitrogens with one attached hydrogen (secondary N) is 1. The normalized spacial score (nSPS) is 15.2. The molecule has 2 amide bonds. The van der Waals surface area contributed by atoms with Crippen LogP contribution in [0.5, 0.6) is 0 Å². The van der Waals surface area contributed by atoms with E-state index in [9.17, 15) is 9.59 Å². The number of amides is 2. The van der Waals surface area contributed by atoms with E-state index in [1.165, 1.54) is 28.0 Å². The topological polar surface area (TPSA) is 75.2 Å². The molecule has 1 saturated heterocycles. The van der Waals surface area contributed by atoms with E-state index in [-0.39, 0.29) is 17.6 Å². The van der Waals surface area contributed by atoms with E-state index >= 15 is 0 Å². The average molecular weight is 314 g/mol. The van der Waals surface area contributed by atoms with Crippen LogP contribution in [0.25, 0.3) is 0 Å². The molecular weight excluding hydrogens is 296 g/mol. The van der Waals surface area contributed by atoms with Gasteiger partial charge in [-0.25, -0.2) is 0 Å². The van der Waals surface area contributed by atoms with Gasteiger partial charge < -0.3 is 5.32 Å². The predicted octanol–water partition coefficient (Wildman–Crippen LogP) is 1.85. The molecule has 1 aromatic heterocycles. The lowest BCUT2D eigenvalue weighted by Gasteiger charge is -2.11. The highest BCUT2D eigenvalue weighted by molar-refractivity contribution is 8.01. The Balaban J connectivity index is 1.79. The molecule has 1 N–H and O–H groups in total. The summed E-state index contributed by atoms with van der Waals surface area (Å²) < 4.78 is 0.747.